The maximum atomic E-state index is 12.4. The second-order valence-corrected chi connectivity index (χ2v) is 3.81. The molecule has 0 radical (unpaired) electrons. The van der Waals surface area contributed by atoms with Crippen LogP contribution in [0.4, 0.5) is 13.2 Å². The standard InChI is InChI=1S/C12H11F3N2O.C2H6/c1-8-7-17(16-11(8)18-2)10-5-3-9(4-6-10)12(13,14)15;1-2/h3-7H,1-2H3;1-2H3. The molecule has 0 amide bonds. The number of aryl methyl sites for hydroxylation is 1. The molecule has 0 saturated heterocycles. The Bertz CT molecular complexity index is 545. The van der Waals surface area contributed by atoms with E-state index < -0.39 is 11.7 Å². The maximum Gasteiger partial charge on any atom is 0.416 e. The van der Waals surface area contributed by atoms with E-state index >= 15 is 0 Å². The minimum Gasteiger partial charge on any atom is -0.480 e. The Hall–Kier alpha value is -1.98. The maximum absolute atomic E-state index is 12.4. The fraction of sp³-hybridized carbons (Fsp3) is 0.357. The van der Waals surface area contributed by atoms with Crippen LogP contribution in [0.2, 0.25) is 0 Å². The van der Waals surface area contributed by atoms with Gasteiger partial charge in [0.25, 0.3) is 0 Å². The summed E-state index contributed by atoms with van der Waals surface area (Å²) in [4.78, 5) is 0. The molecule has 1 aromatic carbocycles. The molecule has 6 heteroatoms. The number of aromatic nitrogens is 2. The van der Waals surface area contributed by atoms with E-state index in [1.54, 1.807) is 6.20 Å². The molecule has 0 aliphatic carbocycles. The molecule has 110 valence electrons. The highest BCUT2D eigenvalue weighted by molar-refractivity contribution is 5.37. The quantitative estimate of drug-likeness (QED) is 0.826. The molecule has 0 N–H and O–H groups in total. The number of hydrogen-bond donors (Lipinski definition) is 0. The van der Waals surface area contributed by atoms with Crippen LogP contribution in [-0.2, 0) is 6.18 Å². The summed E-state index contributed by atoms with van der Waals surface area (Å²) in [5.41, 5.74) is 0.689. The number of hydrogen-bond acceptors (Lipinski definition) is 2. The van der Waals surface area contributed by atoms with Crippen molar-refractivity contribution in [1.82, 2.24) is 9.78 Å². The molecule has 0 fully saturated rings. The second kappa shape index (κ2) is 6.45. The summed E-state index contributed by atoms with van der Waals surface area (Å²) in [6, 6.07) is 4.79. The molecule has 0 aliphatic rings. The van der Waals surface area contributed by atoms with Crippen molar-refractivity contribution in [2.24, 2.45) is 0 Å². The Morgan fingerprint density at radius 2 is 1.65 bits per heavy atom. The fourth-order valence-electron chi connectivity index (χ4n) is 1.58. The predicted octanol–water partition coefficient (Wildman–Crippen LogP) is 4.23. The van der Waals surface area contributed by atoms with Crippen LogP contribution in [0.5, 0.6) is 5.88 Å². The lowest BCUT2D eigenvalue weighted by molar-refractivity contribution is -0.137. The van der Waals surface area contributed by atoms with Gasteiger partial charge < -0.3 is 4.74 Å². The van der Waals surface area contributed by atoms with Gasteiger partial charge in [-0.3, -0.25) is 0 Å². The highest BCUT2D eigenvalue weighted by Gasteiger charge is 2.30. The lowest BCUT2D eigenvalue weighted by Gasteiger charge is -2.07. The molecule has 0 atom stereocenters. The molecule has 0 aliphatic heterocycles. The summed E-state index contributed by atoms with van der Waals surface area (Å²) < 4.78 is 43.7. The fourth-order valence-corrected chi connectivity index (χ4v) is 1.58. The summed E-state index contributed by atoms with van der Waals surface area (Å²) in [7, 11) is 1.49. The number of methoxy groups -OCH3 is 1. The normalized spacial score (nSPS) is 10.8. The number of nitrogens with zero attached hydrogens (tertiary/aromatic N) is 2. The van der Waals surface area contributed by atoms with Crippen molar-refractivity contribution in [3.05, 3.63) is 41.6 Å². The van der Waals surface area contributed by atoms with Crippen molar-refractivity contribution in [3.63, 3.8) is 0 Å². The first-order valence-corrected chi connectivity index (χ1v) is 6.19. The predicted molar refractivity (Wildman–Crippen MR) is 71.2 cm³/mol. The summed E-state index contributed by atoms with van der Waals surface area (Å²) in [5, 5.41) is 4.10. The van der Waals surface area contributed by atoms with Gasteiger partial charge in [-0.25, -0.2) is 4.68 Å². The Kier molecular flexibility index (Phi) is 5.19. The van der Waals surface area contributed by atoms with Gasteiger partial charge >= 0.3 is 6.18 Å². The highest BCUT2D eigenvalue weighted by Crippen LogP contribution is 2.29. The van der Waals surface area contributed by atoms with Crippen LogP contribution in [0.15, 0.2) is 30.5 Å². The number of rotatable bonds is 2. The second-order valence-electron chi connectivity index (χ2n) is 3.81. The van der Waals surface area contributed by atoms with Crippen LogP contribution in [-0.4, -0.2) is 16.9 Å². The summed E-state index contributed by atoms with van der Waals surface area (Å²) in [5.74, 6) is 0.454. The van der Waals surface area contributed by atoms with E-state index in [1.165, 1.54) is 23.9 Å². The van der Waals surface area contributed by atoms with Gasteiger partial charge in [-0.1, -0.05) is 13.8 Å². The molecule has 0 unspecified atom stereocenters. The van der Waals surface area contributed by atoms with E-state index in [2.05, 4.69) is 5.10 Å². The van der Waals surface area contributed by atoms with Crippen LogP contribution in [0, 0.1) is 6.92 Å². The van der Waals surface area contributed by atoms with Gasteiger partial charge in [0.15, 0.2) is 0 Å². The van der Waals surface area contributed by atoms with E-state index in [0.29, 0.717) is 11.6 Å². The van der Waals surface area contributed by atoms with Gasteiger partial charge in [0.05, 0.1) is 18.4 Å². The molecule has 3 nitrogen and oxygen atoms in total. The smallest absolute Gasteiger partial charge is 0.416 e. The zero-order valence-corrected chi connectivity index (χ0v) is 11.8. The average Bonchev–Trinajstić information content (AvgIpc) is 2.81. The van der Waals surface area contributed by atoms with Gasteiger partial charge in [0.2, 0.25) is 5.88 Å². The van der Waals surface area contributed by atoms with Crippen LogP contribution >= 0.6 is 0 Å². The van der Waals surface area contributed by atoms with E-state index in [1.807, 2.05) is 20.8 Å². The molecular weight excluding hydrogens is 269 g/mol. The van der Waals surface area contributed by atoms with Gasteiger partial charge in [-0.05, 0) is 31.2 Å². The number of alkyl halides is 3. The van der Waals surface area contributed by atoms with Crippen LogP contribution in [0.25, 0.3) is 5.69 Å². The van der Waals surface area contributed by atoms with Crippen molar-refractivity contribution < 1.29 is 17.9 Å². The van der Waals surface area contributed by atoms with Crippen molar-refractivity contribution in [2.45, 2.75) is 26.9 Å². The zero-order chi connectivity index (χ0) is 15.3. The van der Waals surface area contributed by atoms with E-state index in [4.69, 9.17) is 4.74 Å². The van der Waals surface area contributed by atoms with Crippen molar-refractivity contribution in [1.29, 1.82) is 0 Å². The van der Waals surface area contributed by atoms with E-state index in [9.17, 15) is 13.2 Å². The molecule has 0 saturated carbocycles. The Morgan fingerprint density at radius 3 is 2.05 bits per heavy atom. The SMILES string of the molecule is CC.COc1nn(-c2ccc(C(F)(F)F)cc2)cc1C. The zero-order valence-electron chi connectivity index (χ0n) is 11.8. The first kappa shape index (κ1) is 16.1. The molecule has 1 aromatic heterocycles. The molecule has 0 spiro atoms. The first-order chi connectivity index (χ1) is 9.41. The van der Waals surface area contributed by atoms with E-state index in [0.717, 1.165) is 17.7 Å². The Morgan fingerprint density at radius 1 is 1.10 bits per heavy atom. The number of ether oxygens (including phenoxy) is 1. The van der Waals surface area contributed by atoms with Crippen LogP contribution < -0.4 is 4.74 Å². The summed E-state index contributed by atoms with van der Waals surface area (Å²) in [6.07, 6.45) is -2.63. The number of halogens is 3. The molecular formula is C14H17F3N2O. The minimum absolute atomic E-state index is 0.454. The van der Waals surface area contributed by atoms with Gasteiger partial charge in [-0.15, -0.1) is 5.10 Å². The molecule has 2 rings (SSSR count). The van der Waals surface area contributed by atoms with Crippen LogP contribution in [0.1, 0.15) is 25.0 Å². The van der Waals surface area contributed by atoms with Crippen molar-refractivity contribution in [3.8, 4) is 11.6 Å². The van der Waals surface area contributed by atoms with Gasteiger partial charge in [0, 0.05) is 11.8 Å². The summed E-state index contributed by atoms with van der Waals surface area (Å²) >= 11 is 0. The third-order valence-corrected chi connectivity index (χ3v) is 2.50. The Balaban J connectivity index is 0.000000956. The van der Waals surface area contributed by atoms with Gasteiger partial charge in [-0.2, -0.15) is 13.2 Å². The molecule has 0 bridgehead atoms. The van der Waals surface area contributed by atoms with E-state index in [-0.39, 0.29) is 0 Å². The molecule has 1 heterocycles. The average molecular weight is 286 g/mol. The third kappa shape index (κ3) is 3.53. The van der Waals surface area contributed by atoms with Crippen molar-refractivity contribution in [2.75, 3.05) is 7.11 Å². The number of benzene rings is 1. The third-order valence-electron chi connectivity index (χ3n) is 2.50. The summed E-state index contributed by atoms with van der Waals surface area (Å²) in [6.45, 7) is 5.81. The lowest BCUT2D eigenvalue weighted by atomic mass is 10.2. The minimum atomic E-state index is -4.32. The van der Waals surface area contributed by atoms with Gasteiger partial charge in [0.1, 0.15) is 0 Å². The molecule has 2 aromatic rings. The largest absolute Gasteiger partial charge is 0.480 e. The van der Waals surface area contributed by atoms with Crippen molar-refractivity contribution >= 4 is 0 Å². The van der Waals surface area contributed by atoms with Crippen LogP contribution in [0.3, 0.4) is 0 Å². The topological polar surface area (TPSA) is 27.1 Å². The highest BCUT2D eigenvalue weighted by atomic mass is 19.4. The molecule has 20 heavy (non-hydrogen) atoms. The first-order valence-electron chi connectivity index (χ1n) is 6.19. The Labute approximate surface area is 116 Å². The monoisotopic (exact) mass is 286 g/mol. The lowest BCUT2D eigenvalue weighted by Crippen LogP contribution is -2.05.